The van der Waals surface area contributed by atoms with Gasteiger partial charge in [0.15, 0.2) is 6.61 Å². The summed E-state index contributed by atoms with van der Waals surface area (Å²) >= 11 is 0. The average molecular weight is 330 g/mol. The van der Waals surface area contributed by atoms with E-state index in [0.717, 1.165) is 17.7 Å². The summed E-state index contributed by atoms with van der Waals surface area (Å²) in [7, 11) is 1.61. The SMILES string of the molecule is COc1ccc(-c2nc(COC(=O)CCC3CCCC3)no2)cc1. The predicted molar refractivity (Wildman–Crippen MR) is 87.3 cm³/mol. The molecule has 1 saturated carbocycles. The summed E-state index contributed by atoms with van der Waals surface area (Å²) < 4.78 is 15.5. The molecule has 0 bridgehead atoms. The van der Waals surface area contributed by atoms with Crippen molar-refractivity contribution >= 4 is 5.97 Å². The van der Waals surface area contributed by atoms with Crippen LogP contribution in [0.15, 0.2) is 28.8 Å². The van der Waals surface area contributed by atoms with Gasteiger partial charge in [0.2, 0.25) is 5.82 Å². The van der Waals surface area contributed by atoms with Crippen LogP contribution >= 0.6 is 0 Å². The number of ether oxygens (including phenoxy) is 2. The van der Waals surface area contributed by atoms with Gasteiger partial charge in [-0.2, -0.15) is 4.98 Å². The Balaban J connectivity index is 1.47. The molecule has 128 valence electrons. The first-order valence-electron chi connectivity index (χ1n) is 8.37. The number of methoxy groups -OCH3 is 1. The molecule has 1 heterocycles. The minimum absolute atomic E-state index is 0.0448. The number of rotatable bonds is 7. The molecule has 0 N–H and O–H groups in total. The summed E-state index contributed by atoms with van der Waals surface area (Å²) in [5.74, 6) is 2.02. The maximum Gasteiger partial charge on any atom is 0.306 e. The fourth-order valence-corrected chi connectivity index (χ4v) is 3.00. The van der Waals surface area contributed by atoms with E-state index >= 15 is 0 Å². The van der Waals surface area contributed by atoms with E-state index < -0.39 is 0 Å². The van der Waals surface area contributed by atoms with E-state index in [9.17, 15) is 4.79 Å². The predicted octanol–water partition coefficient (Wildman–Crippen LogP) is 3.76. The highest BCUT2D eigenvalue weighted by atomic mass is 16.5. The van der Waals surface area contributed by atoms with Gasteiger partial charge in [0.1, 0.15) is 5.75 Å². The molecule has 1 aromatic carbocycles. The average Bonchev–Trinajstić information content (AvgIpc) is 3.30. The number of nitrogens with zero attached hydrogens (tertiary/aromatic N) is 2. The number of esters is 1. The topological polar surface area (TPSA) is 74.5 Å². The minimum Gasteiger partial charge on any atom is -0.497 e. The summed E-state index contributed by atoms with van der Waals surface area (Å²) in [6.45, 7) is 0.0448. The standard InChI is InChI=1S/C18H22N2O4/c1-22-15-9-7-14(8-10-15)18-19-16(20-24-18)12-23-17(21)11-6-13-4-2-3-5-13/h7-10,13H,2-6,11-12H2,1H3. The highest BCUT2D eigenvalue weighted by molar-refractivity contribution is 5.69. The van der Waals surface area contributed by atoms with Gasteiger partial charge in [0, 0.05) is 12.0 Å². The molecule has 2 aromatic rings. The number of aromatic nitrogens is 2. The summed E-state index contributed by atoms with van der Waals surface area (Å²) in [6, 6.07) is 7.32. The van der Waals surface area contributed by atoms with Crippen LogP contribution in [0, 0.1) is 5.92 Å². The molecule has 0 spiro atoms. The Labute approximate surface area is 141 Å². The minimum atomic E-state index is -0.197. The van der Waals surface area contributed by atoms with E-state index in [-0.39, 0.29) is 12.6 Å². The Hall–Kier alpha value is -2.37. The van der Waals surface area contributed by atoms with Gasteiger partial charge in [0.25, 0.3) is 5.89 Å². The zero-order valence-corrected chi connectivity index (χ0v) is 13.9. The van der Waals surface area contributed by atoms with Crippen LogP contribution in [0.3, 0.4) is 0 Å². The highest BCUT2D eigenvalue weighted by Crippen LogP contribution is 2.28. The van der Waals surface area contributed by atoms with Crippen molar-refractivity contribution in [3.63, 3.8) is 0 Å². The molecule has 1 aliphatic rings. The van der Waals surface area contributed by atoms with Gasteiger partial charge in [-0.05, 0) is 36.6 Å². The molecule has 1 fully saturated rings. The normalized spacial score (nSPS) is 14.7. The first-order valence-corrected chi connectivity index (χ1v) is 8.37. The lowest BCUT2D eigenvalue weighted by atomic mass is 10.0. The molecule has 0 aliphatic heterocycles. The van der Waals surface area contributed by atoms with E-state index in [1.807, 2.05) is 24.3 Å². The number of benzene rings is 1. The van der Waals surface area contributed by atoms with Crippen molar-refractivity contribution in [2.75, 3.05) is 7.11 Å². The van der Waals surface area contributed by atoms with Gasteiger partial charge in [-0.1, -0.05) is 30.8 Å². The van der Waals surface area contributed by atoms with Gasteiger partial charge in [-0.3, -0.25) is 4.79 Å². The summed E-state index contributed by atoms with van der Waals surface area (Å²) in [5, 5.41) is 3.85. The maximum absolute atomic E-state index is 11.8. The lowest BCUT2D eigenvalue weighted by molar-refractivity contribution is -0.145. The third-order valence-electron chi connectivity index (χ3n) is 4.40. The third-order valence-corrected chi connectivity index (χ3v) is 4.40. The Kier molecular flexibility index (Phi) is 5.46. The van der Waals surface area contributed by atoms with E-state index in [1.165, 1.54) is 25.7 Å². The van der Waals surface area contributed by atoms with Crippen molar-refractivity contribution < 1.29 is 18.8 Å². The van der Waals surface area contributed by atoms with E-state index in [2.05, 4.69) is 10.1 Å². The monoisotopic (exact) mass is 330 g/mol. The van der Waals surface area contributed by atoms with E-state index in [1.54, 1.807) is 7.11 Å². The maximum atomic E-state index is 11.8. The van der Waals surface area contributed by atoms with Gasteiger partial charge < -0.3 is 14.0 Å². The van der Waals surface area contributed by atoms with Crippen molar-refractivity contribution in [1.82, 2.24) is 10.1 Å². The van der Waals surface area contributed by atoms with Crippen LogP contribution in [0.2, 0.25) is 0 Å². The molecule has 6 heteroatoms. The first-order chi connectivity index (χ1) is 11.7. The smallest absolute Gasteiger partial charge is 0.306 e. The molecule has 1 aromatic heterocycles. The van der Waals surface area contributed by atoms with Gasteiger partial charge in [-0.15, -0.1) is 0 Å². The van der Waals surface area contributed by atoms with Crippen LogP contribution in [0.1, 0.15) is 44.3 Å². The molecular formula is C18H22N2O4. The van der Waals surface area contributed by atoms with Gasteiger partial charge in [0.05, 0.1) is 7.11 Å². The number of carbonyl (C=O) groups excluding carboxylic acids is 1. The van der Waals surface area contributed by atoms with Crippen molar-refractivity contribution in [3.05, 3.63) is 30.1 Å². The Bertz CT molecular complexity index is 660. The molecule has 0 atom stereocenters. The number of hydrogen-bond acceptors (Lipinski definition) is 6. The Morgan fingerprint density at radius 1 is 1.25 bits per heavy atom. The second kappa shape index (κ2) is 7.95. The molecule has 24 heavy (non-hydrogen) atoms. The quantitative estimate of drug-likeness (QED) is 0.720. The highest BCUT2D eigenvalue weighted by Gasteiger charge is 2.17. The van der Waals surface area contributed by atoms with Crippen LogP contribution in [0.25, 0.3) is 11.5 Å². The fraction of sp³-hybridized carbons (Fsp3) is 0.500. The van der Waals surface area contributed by atoms with Crippen LogP contribution < -0.4 is 4.74 Å². The van der Waals surface area contributed by atoms with Crippen LogP contribution in [0.4, 0.5) is 0 Å². The van der Waals surface area contributed by atoms with Gasteiger partial charge >= 0.3 is 5.97 Å². The zero-order chi connectivity index (χ0) is 16.8. The molecule has 0 radical (unpaired) electrons. The number of hydrogen-bond donors (Lipinski definition) is 0. The molecular weight excluding hydrogens is 308 g/mol. The van der Waals surface area contributed by atoms with Crippen molar-refractivity contribution in [2.45, 2.75) is 45.1 Å². The van der Waals surface area contributed by atoms with Crippen molar-refractivity contribution in [1.29, 1.82) is 0 Å². The Morgan fingerprint density at radius 3 is 2.71 bits per heavy atom. The van der Waals surface area contributed by atoms with Crippen LogP contribution in [-0.2, 0) is 16.1 Å². The lowest BCUT2D eigenvalue weighted by Gasteiger charge is -2.07. The van der Waals surface area contributed by atoms with E-state index in [0.29, 0.717) is 24.1 Å². The molecule has 6 nitrogen and oxygen atoms in total. The summed E-state index contributed by atoms with van der Waals surface area (Å²) in [6.07, 6.45) is 6.44. The first kappa shape index (κ1) is 16.5. The Morgan fingerprint density at radius 2 is 2.00 bits per heavy atom. The third kappa shape index (κ3) is 4.34. The molecule has 1 aliphatic carbocycles. The zero-order valence-electron chi connectivity index (χ0n) is 13.9. The van der Waals surface area contributed by atoms with Crippen LogP contribution in [-0.4, -0.2) is 23.2 Å². The molecule has 0 unspecified atom stereocenters. The second-order valence-corrected chi connectivity index (χ2v) is 6.09. The van der Waals surface area contributed by atoms with Crippen LogP contribution in [0.5, 0.6) is 5.75 Å². The largest absolute Gasteiger partial charge is 0.497 e. The molecule has 0 amide bonds. The van der Waals surface area contributed by atoms with E-state index in [4.69, 9.17) is 14.0 Å². The summed E-state index contributed by atoms with van der Waals surface area (Å²) in [5.41, 5.74) is 0.794. The molecule has 0 saturated heterocycles. The second-order valence-electron chi connectivity index (χ2n) is 6.09. The number of carbonyl (C=O) groups is 1. The van der Waals surface area contributed by atoms with Crippen molar-refractivity contribution in [2.24, 2.45) is 5.92 Å². The fourth-order valence-electron chi connectivity index (χ4n) is 3.00. The lowest BCUT2D eigenvalue weighted by Crippen LogP contribution is -2.07. The van der Waals surface area contributed by atoms with Crippen molar-refractivity contribution in [3.8, 4) is 17.2 Å². The van der Waals surface area contributed by atoms with Gasteiger partial charge in [-0.25, -0.2) is 0 Å². The molecule has 3 rings (SSSR count). The summed E-state index contributed by atoms with van der Waals surface area (Å²) in [4.78, 5) is 16.0.